The van der Waals surface area contributed by atoms with Gasteiger partial charge in [0.1, 0.15) is 5.75 Å². The van der Waals surface area contributed by atoms with Crippen molar-refractivity contribution in [1.82, 2.24) is 5.32 Å². The smallest absolute Gasteiger partial charge is 0.251 e. The molecule has 1 N–H and O–H groups in total. The van der Waals surface area contributed by atoms with E-state index >= 15 is 0 Å². The molecule has 2 fully saturated rings. The maximum absolute atomic E-state index is 12.5. The van der Waals surface area contributed by atoms with Gasteiger partial charge < -0.3 is 19.5 Å². The zero-order chi connectivity index (χ0) is 15.6. The highest BCUT2D eigenvalue weighted by atomic mass is 16.5. The summed E-state index contributed by atoms with van der Waals surface area (Å²) >= 11 is 0. The molecule has 2 heterocycles. The average Bonchev–Trinajstić information content (AvgIpc) is 3.28. The second-order valence-electron chi connectivity index (χ2n) is 6.68. The lowest BCUT2D eigenvalue weighted by atomic mass is 10.0. The summed E-state index contributed by atoms with van der Waals surface area (Å²) in [5.41, 5.74) is 1.79. The SMILES string of the molecule is O=C(N[C@@H]1COCC[C@@H]1OCC1CC1)c1ccc2c(c1)CCO2. The zero-order valence-corrected chi connectivity index (χ0v) is 13.3. The van der Waals surface area contributed by atoms with Gasteiger partial charge in [-0.05, 0) is 48.9 Å². The molecule has 1 saturated carbocycles. The second-order valence-corrected chi connectivity index (χ2v) is 6.68. The number of carbonyl (C=O) groups excluding carboxylic acids is 1. The molecule has 2 aliphatic heterocycles. The largest absolute Gasteiger partial charge is 0.493 e. The molecule has 0 spiro atoms. The summed E-state index contributed by atoms with van der Waals surface area (Å²) in [5.74, 6) is 1.56. The van der Waals surface area contributed by atoms with Crippen molar-refractivity contribution in [3.8, 4) is 5.75 Å². The number of carbonyl (C=O) groups is 1. The highest BCUT2D eigenvalue weighted by Crippen LogP contribution is 2.30. The normalized spacial score (nSPS) is 26.4. The molecular weight excluding hydrogens is 294 g/mol. The first-order valence-corrected chi connectivity index (χ1v) is 8.55. The summed E-state index contributed by atoms with van der Waals surface area (Å²) in [7, 11) is 0. The van der Waals surface area contributed by atoms with E-state index < -0.39 is 0 Å². The van der Waals surface area contributed by atoms with Crippen LogP contribution in [0.25, 0.3) is 0 Å². The molecule has 5 heteroatoms. The van der Waals surface area contributed by atoms with Crippen LogP contribution >= 0.6 is 0 Å². The van der Waals surface area contributed by atoms with E-state index in [-0.39, 0.29) is 18.1 Å². The van der Waals surface area contributed by atoms with E-state index in [1.807, 2.05) is 18.2 Å². The fourth-order valence-corrected chi connectivity index (χ4v) is 3.18. The third-order valence-corrected chi connectivity index (χ3v) is 4.80. The van der Waals surface area contributed by atoms with Gasteiger partial charge in [0.15, 0.2) is 0 Å². The second kappa shape index (κ2) is 6.49. The van der Waals surface area contributed by atoms with Crippen molar-refractivity contribution in [2.75, 3.05) is 26.4 Å². The van der Waals surface area contributed by atoms with Crippen LogP contribution in [0.1, 0.15) is 35.2 Å². The molecule has 23 heavy (non-hydrogen) atoms. The van der Waals surface area contributed by atoms with Gasteiger partial charge in [-0.25, -0.2) is 0 Å². The van der Waals surface area contributed by atoms with Gasteiger partial charge >= 0.3 is 0 Å². The van der Waals surface area contributed by atoms with Crippen LogP contribution in [-0.2, 0) is 15.9 Å². The molecule has 0 unspecified atom stereocenters. The number of ether oxygens (including phenoxy) is 3. The van der Waals surface area contributed by atoms with E-state index in [1.54, 1.807) is 0 Å². The van der Waals surface area contributed by atoms with Crippen molar-refractivity contribution in [3.63, 3.8) is 0 Å². The van der Waals surface area contributed by atoms with Crippen LogP contribution in [0.2, 0.25) is 0 Å². The lowest BCUT2D eigenvalue weighted by molar-refractivity contribution is -0.0567. The Morgan fingerprint density at radius 1 is 1.26 bits per heavy atom. The third-order valence-electron chi connectivity index (χ3n) is 4.80. The predicted octanol–water partition coefficient (Wildman–Crippen LogP) is 1.94. The van der Waals surface area contributed by atoms with Crippen LogP contribution < -0.4 is 10.1 Å². The van der Waals surface area contributed by atoms with Crippen molar-refractivity contribution in [1.29, 1.82) is 0 Å². The molecule has 0 radical (unpaired) electrons. The molecule has 1 aromatic carbocycles. The Bertz CT molecular complexity index is 584. The van der Waals surface area contributed by atoms with Gasteiger partial charge in [-0.1, -0.05) is 0 Å². The predicted molar refractivity (Wildman–Crippen MR) is 84.8 cm³/mol. The summed E-state index contributed by atoms with van der Waals surface area (Å²) in [6, 6.07) is 5.57. The lowest BCUT2D eigenvalue weighted by Gasteiger charge is -2.32. The van der Waals surface area contributed by atoms with Crippen LogP contribution in [0.3, 0.4) is 0 Å². The van der Waals surface area contributed by atoms with Crippen LogP contribution in [0.15, 0.2) is 18.2 Å². The highest BCUT2D eigenvalue weighted by molar-refractivity contribution is 5.94. The third kappa shape index (κ3) is 3.51. The number of benzene rings is 1. The minimum atomic E-state index is -0.0699. The molecule has 3 aliphatic rings. The van der Waals surface area contributed by atoms with Gasteiger partial charge in [-0.15, -0.1) is 0 Å². The molecule has 2 atom stereocenters. The summed E-state index contributed by atoms with van der Waals surface area (Å²) in [6.07, 6.45) is 4.33. The van der Waals surface area contributed by atoms with E-state index in [2.05, 4.69) is 5.32 Å². The van der Waals surface area contributed by atoms with Crippen molar-refractivity contribution in [3.05, 3.63) is 29.3 Å². The van der Waals surface area contributed by atoms with Crippen molar-refractivity contribution in [2.24, 2.45) is 5.92 Å². The van der Waals surface area contributed by atoms with Crippen molar-refractivity contribution in [2.45, 2.75) is 37.8 Å². The number of hydrogen-bond acceptors (Lipinski definition) is 4. The molecular formula is C18H23NO4. The monoisotopic (exact) mass is 317 g/mol. The lowest BCUT2D eigenvalue weighted by Crippen LogP contribution is -2.50. The van der Waals surface area contributed by atoms with Gasteiger partial charge in [0.05, 0.1) is 25.4 Å². The molecule has 1 aromatic rings. The molecule has 1 aliphatic carbocycles. The van der Waals surface area contributed by atoms with Crippen LogP contribution in [0, 0.1) is 5.92 Å². The molecule has 0 bridgehead atoms. The van der Waals surface area contributed by atoms with E-state index in [9.17, 15) is 4.79 Å². The van der Waals surface area contributed by atoms with Crippen molar-refractivity contribution >= 4 is 5.91 Å². The Balaban J connectivity index is 1.39. The molecule has 5 nitrogen and oxygen atoms in total. The number of nitrogens with one attached hydrogen (secondary N) is 1. The highest BCUT2D eigenvalue weighted by Gasteiger charge is 2.31. The Hall–Kier alpha value is -1.59. The number of fused-ring (bicyclic) bond motifs is 1. The average molecular weight is 317 g/mol. The maximum atomic E-state index is 12.5. The van der Waals surface area contributed by atoms with E-state index in [0.717, 1.165) is 36.7 Å². The molecule has 1 saturated heterocycles. The maximum Gasteiger partial charge on any atom is 0.251 e. The quantitative estimate of drug-likeness (QED) is 0.902. The minimum Gasteiger partial charge on any atom is -0.493 e. The van der Waals surface area contributed by atoms with Crippen LogP contribution in [0.5, 0.6) is 5.75 Å². The van der Waals surface area contributed by atoms with E-state index in [4.69, 9.17) is 14.2 Å². The summed E-state index contributed by atoms with van der Waals surface area (Å²) in [5, 5.41) is 3.09. The summed E-state index contributed by atoms with van der Waals surface area (Å²) in [6.45, 7) is 2.74. The van der Waals surface area contributed by atoms with E-state index in [1.165, 1.54) is 12.8 Å². The molecule has 0 aromatic heterocycles. The fourth-order valence-electron chi connectivity index (χ4n) is 3.18. The summed E-state index contributed by atoms with van der Waals surface area (Å²) < 4.78 is 17.0. The minimum absolute atomic E-state index is 0.0600. The summed E-state index contributed by atoms with van der Waals surface area (Å²) in [4.78, 5) is 12.5. The number of hydrogen-bond donors (Lipinski definition) is 1. The first kappa shape index (κ1) is 15.0. The van der Waals surface area contributed by atoms with Crippen molar-refractivity contribution < 1.29 is 19.0 Å². The first-order valence-electron chi connectivity index (χ1n) is 8.55. The Morgan fingerprint density at radius 2 is 2.17 bits per heavy atom. The molecule has 1 amide bonds. The Kier molecular flexibility index (Phi) is 4.23. The van der Waals surface area contributed by atoms with Crippen LogP contribution in [0.4, 0.5) is 0 Å². The van der Waals surface area contributed by atoms with Gasteiger partial charge in [-0.2, -0.15) is 0 Å². The number of amides is 1. The van der Waals surface area contributed by atoms with Gasteiger partial charge in [0.25, 0.3) is 5.91 Å². The molecule has 4 rings (SSSR count). The molecule has 124 valence electrons. The zero-order valence-electron chi connectivity index (χ0n) is 13.3. The Morgan fingerprint density at radius 3 is 3.04 bits per heavy atom. The van der Waals surface area contributed by atoms with Crippen LogP contribution in [-0.4, -0.2) is 44.5 Å². The number of rotatable bonds is 5. The topological polar surface area (TPSA) is 56.8 Å². The van der Waals surface area contributed by atoms with Gasteiger partial charge in [0.2, 0.25) is 0 Å². The first-order chi connectivity index (χ1) is 11.3. The van der Waals surface area contributed by atoms with Gasteiger partial charge in [0, 0.05) is 25.2 Å². The Labute approximate surface area is 136 Å². The fraction of sp³-hybridized carbons (Fsp3) is 0.611. The standard InChI is InChI=1S/C18H23NO4/c20-18(14-3-4-16-13(9-14)5-8-22-16)19-15-11-21-7-6-17(15)23-10-12-1-2-12/h3-4,9,12,15,17H,1-2,5-8,10-11H2,(H,19,20)/t15-,17+/m1/s1. The van der Waals surface area contributed by atoms with Gasteiger partial charge in [-0.3, -0.25) is 4.79 Å². The van der Waals surface area contributed by atoms with E-state index in [0.29, 0.717) is 25.4 Å².